The minimum atomic E-state index is -1.35. The Hall–Kier alpha value is -0.795. The Morgan fingerprint density at radius 1 is 1.06 bits per heavy atom. The molecule has 1 rings (SSSR count). The first kappa shape index (κ1) is 13.3. The molecule has 0 heterocycles. The van der Waals surface area contributed by atoms with E-state index in [2.05, 4.69) is 13.8 Å². The summed E-state index contributed by atoms with van der Waals surface area (Å²) in [7, 11) is -1.35. The molecule has 0 saturated heterocycles. The second-order valence-corrected chi connectivity index (χ2v) is 4.28. The molecule has 2 N–H and O–H groups in total. The third-order valence-corrected chi connectivity index (χ3v) is 2.99. The predicted octanol–water partition coefficient (Wildman–Crippen LogP) is 2.05. The van der Waals surface area contributed by atoms with Crippen molar-refractivity contribution in [2.24, 2.45) is 0 Å². The highest BCUT2D eigenvalue weighted by molar-refractivity contribution is 6.59. The van der Waals surface area contributed by atoms with Crippen LogP contribution in [-0.4, -0.2) is 17.2 Å². The molecular formula is C13H21BO2. The molecule has 1 aromatic rings. The van der Waals surface area contributed by atoms with Gasteiger partial charge < -0.3 is 10.0 Å². The van der Waals surface area contributed by atoms with E-state index in [4.69, 9.17) is 0 Å². The van der Waals surface area contributed by atoms with Crippen LogP contribution >= 0.6 is 0 Å². The van der Waals surface area contributed by atoms with Gasteiger partial charge in [0.2, 0.25) is 0 Å². The van der Waals surface area contributed by atoms with E-state index in [1.54, 1.807) is 6.07 Å². The summed E-state index contributed by atoms with van der Waals surface area (Å²) in [6.45, 7) is 4.33. The number of hydrogen-bond donors (Lipinski definition) is 2. The van der Waals surface area contributed by atoms with Crippen LogP contribution < -0.4 is 5.46 Å². The van der Waals surface area contributed by atoms with Crippen LogP contribution in [0.2, 0.25) is 0 Å². The normalized spacial score (nSPS) is 10.8. The monoisotopic (exact) mass is 220 g/mol. The maximum Gasteiger partial charge on any atom is 0.488 e. The molecule has 0 amide bonds. The molecule has 0 aromatic heterocycles. The molecule has 16 heavy (non-hydrogen) atoms. The molecule has 0 fully saturated rings. The fraction of sp³-hybridized carbons (Fsp3) is 0.538. The Bertz CT molecular complexity index is 307. The van der Waals surface area contributed by atoms with E-state index in [0.717, 1.165) is 31.2 Å². The molecular weight excluding hydrogens is 199 g/mol. The summed E-state index contributed by atoms with van der Waals surface area (Å²) in [5.74, 6) is 0.452. The van der Waals surface area contributed by atoms with Crippen LogP contribution in [-0.2, 0) is 0 Å². The van der Waals surface area contributed by atoms with E-state index in [9.17, 15) is 10.0 Å². The summed E-state index contributed by atoms with van der Waals surface area (Å²) in [5, 5.41) is 18.7. The first-order chi connectivity index (χ1) is 7.70. The van der Waals surface area contributed by atoms with Crippen LogP contribution in [0.4, 0.5) is 0 Å². The van der Waals surface area contributed by atoms with Crippen molar-refractivity contribution in [3.05, 3.63) is 29.8 Å². The molecule has 0 saturated carbocycles. The number of benzene rings is 1. The molecule has 3 heteroatoms. The van der Waals surface area contributed by atoms with Crippen molar-refractivity contribution >= 4 is 12.6 Å². The number of rotatable bonds is 6. The van der Waals surface area contributed by atoms with Crippen LogP contribution in [0.5, 0.6) is 0 Å². The molecule has 0 aliphatic heterocycles. The lowest BCUT2D eigenvalue weighted by atomic mass is 9.72. The van der Waals surface area contributed by atoms with E-state index < -0.39 is 7.12 Å². The fourth-order valence-corrected chi connectivity index (χ4v) is 2.27. The Morgan fingerprint density at radius 3 is 2.12 bits per heavy atom. The quantitative estimate of drug-likeness (QED) is 0.720. The minimum Gasteiger partial charge on any atom is -0.423 e. The molecule has 2 nitrogen and oxygen atoms in total. The second kappa shape index (κ2) is 6.72. The Labute approximate surface area is 98.5 Å². The smallest absolute Gasteiger partial charge is 0.423 e. The van der Waals surface area contributed by atoms with Gasteiger partial charge in [-0.25, -0.2) is 0 Å². The molecule has 0 bridgehead atoms. The summed E-state index contributed by atoms with van der Waals surface area (Å²) in [6.07, 6.45) is 4.47. The van der Waals surface area contributed by atoms with Crippen LogP contribution in [0.25, 0.3) is 0 Å². The lowest BCUT2D eigenvalue weighted by Crippen LogP contribution is -2.33. The minimum absolute atomic E-state index is 0.452. The first-order valence-corrected chi connectivity index (χ1v) is 6.15. The van der Waals surface area contributed by atoms with Gasteiger partial charge in [0.25, 0.3) is 0 Å². The zero-order chi connectivity index (χ0) is 12.0. The van der Waals surface area contributed by atoms with Gasteiger partial charge in [-0.15, -0.1) is 0 Å². The van der Waals surface area contributed by atoms with Gasteiger partial charge in [-0.2, -0.15) is 0 Å². The molecule has 0 unspecified atom stereocenters. The zero-order valence-corrected chi connectivity index (χ0v) is 10.2. The van der Waals surface area contributed by atoms with E-state index in [0.29, 0.717) is 11.4 Å². The second-order valence-electron chi connectivity index (χ2n) is 4.28. The Morgan fingerprint density at radius 2 is 1.62 bits per heavy atom. The molecule has 0 spiro atoms. The van der Waals surface area contributed by atoms with Crippen molar-refractivity contribution in [1.29, 1.82) is 0 Å². The summed E-state index contributed by atoms with van der Waals surface area (Å²) >= 11 is 0. The van der Waals surface area contributed by atoms with Crippen molar-refractivity contribution in [2.45, 2.75) is 45.4 Å². The van der Waals surface area contributed by atoms with Gasteiger partial charge in [0, 0.05) is 0 Å². The summed E-state index contributed by atoms with van der Waals surface area (Å²) in [6, 6.07) is 7.65. The SMILES string of the molecule is CCCC(CCC)c1ccccc1B(O)O. The van der Waals surface area contributed by atoms with Crippen molar-refractivity contribution < 1.29 is 10.0 Å². The molecule has 0 aliphatic carbocycles. The van der Waals surface area contributed by atoms with E-state index in [1.165, 1.54) is 0 Å². The largest absolute Gasteiger partial charge is 0.488 e. The van der Waals surface area contributed by atoms with Gasteiger partial charge in [0.05, 0.1) is 0 Å². The van der Waals surface area contributed by atoms with Crippen molar-refractivity contribution in [2.75, 3.05) is 0 Å². The van der Waals surface area contributed by atoms with Gasteiger partial charge in [-0.05, 0) is 29.8 Å². The molecule has 0 atom stereocenters. The molecule has 88 valence electrons. The van der Waals surface area contributed by atoms with Crippen LogP contribution in [0.1, 0.15) is 51.0 Å². The highest BCUT2D eigenvalue weighted by atomic mass is 16.4. The van der Waals surface area contributed by atoms with Crippen molar-refractivity contribution in [1.82, 2.24) is 0 Å². The average Bonchev–Trinajstić information content (AvgIpc) is 2.29. The van der Waals surface area contributed by atoms with Crippen LogP contribution in [0, 0.1) is 0 Å². The third kappa shape index (κ3) is 3.36. The van der Waals surface area contributed by atoms with E-state index in [1.807, 2.05) is 18.2 Å². The Kier molecular flexibility index (Phi) is 5.57. The fourth-order valence-electron chi connectivity index (χ4n) is 2.27. The van der Waals surface area contributed by atoms with Gasteiger partial charge in [0.15, 0.2) is 0 Å². The molecule has 1 aromatic carbocycles. The summed E-state index contributed by atoms with van der Waals surface area (Å²) < 4.78 is 0. The third-order valence-electron chi connectivity index (χ3n) is 2.99. The standard InChI is InChI=1S/C13H21BO2/c1-3-7-11(8-4-2)12-9-5-6-10-13(12)14(15)16/h5-6,9-11,15-16H,3-4,7-8H2,1-2H3. The van der Waals surface area contributed by atoms with E-state index in [-0.39, 0.29) is 0 Å². The highest BCUT2D eigenvalue weighted by Gasteiger charge is 2.20. The zero-order valence-electron chi connectivity index (χ0n) is 10.2. The number of hydrogen-bond acceptors (Lipinski definition) is 2. The topological polar surface area (TPSA) is 40.5 Å². The van der Waals surface area contributed by atoms with Crippen molar-refractivity contribution in [3.63, 3.8) is 0 Å². The Balaban J connectivity index is 2.97. The van der Waals surface area contributed by atoms with Crippen LogP contribution in [0.15, 0.2) is 24.3 Å². The van der Waals surface area contributed by atoms with Gasteiger partial charge in [-0.1, -0.05) is 51.0 Å². The average molecular weight is 220 g/mol. The lowest BCUT2D eigenvalue weighted by Gasteiger charge is -2.19. The van der Waals surface area contributed by atoms with Gasteiger partial charge >= 0.3 is 7.12 Å². The van der Waals surface area contributed by atoms with E-state index >= 15 is 0 Å². The van der Waals surface area contributed by atoms with Gasteiger partial charge in [-0.3, -0.25) is 0 Å². The first-order valence-electron chi connectivity index (χ1n) is 6.15. The maximum atomic E-state index is 9.35. The lowest BCUT2D eigenvalue weighted by molar-refractivity contribution is 0.424. The predicted molar refractivity (Wildman–Crippen MR) is 68.8 cm³/mol. The molecule has 0 radical (unpaired) electrons. The van der Waals surface area contributed by atoms with Crippen molar-refractivity contribution in [3.8, 4) is 0 Å². The summed E-state index contributed by atoms with van der Waals surface area (Å²) in [4.78, 5) is 0. The van der Waals surface area contributed by atoms with Crippen LogP contribution in [0.3, 0.4) is 0 Å². The summed E-state index contributed by atoms with van der Waals surface area (Å²) in [5.41, 5.74) is 1.76. The van der Waals surface area contributed by atoms with Gasteiger partial charge in [0.1, 0.15) is 0 Å². The maximum absolute atomic E-state index is 9.35. The molecule has 0 aliphatic rings. The highest BCUT2D eigenvalue weighted by Crippen LogP contribution is 2.25.